The molecule has 0 saturated heterocycles. The first-order valence-corrected chi connectivity index (χ1v) is 9.64. The Morgan fingerprint density at radius 3 is 2.61 bits per heavy atom. The second-order valence-electron chi connectivity index (χ2n) is 6.60. The molecule has 3 rings (SSSR count). The zero-order valence-corrected chi connectivity index (χ0v) is 16.4. The molecule has 0 fully saturated rings. The van der Waals surface area contributed by atoms with Crippen molar-refractivity contribution in [3.8, 4) is 11.5 Å². The van der Waals surface area contributed by atoms with E-state index < -0.39 is 0 Å². The molecule has 146 valence electrons. The molecule has 3 aromatic rings. The summed E-state index contributed by atoms with van der Waals surface area (Å²) in [7, 11) is 1.62. The van der Waals surface area contributed by atoms with E-state index in [9.17, 15) is 4.79 Å². The Morgan fingerprint density at radius 1 is 1.07 bits per heavy atom. The van der Waals surface area contributed by atoms with Gasteiger partial charge in [-0.1, -0.05) is 25.5 Å². The van der Waals surface area contributed by atoms with Crippen molar-refractivity contribution in [2.45, 2.75) is 26.2 Å². The number of pyridine rings is 1. The minimum Gasteiger partial charge on any atom is -0.497 e. The molecule has 0 saturated carbocycles. The van der Waals surface area contributed by atoms with Gasteiger partial charge in [0.1, 0.15) is 23.8 Å². The number of carbonyl (C=O) groups excluding carboxylic acids is 1. The molecule has 1 heterocycles. The Balaban J connectivity index is 1.60. The summed E-state index contributed by atoms with van der Waals surface area (Å²) in [4.78, 5) is 17.0. The fourth-order valence-electron chi connectivity index (χ4n) is 3.02. The maximum Gasteiger partial charge on any atom is 0.270 e. The van der Waals surface area contributed by atoms with E-state index in [-0.39, 0.29) is 5.91 Å². The topological polar surface area (TPSA) is 60.5 Å². The summed E-state index contributed by atoms with van der Waals surface area (Å²) < 4.78 is 10.8. The monoisotopic (exact) mass is 378 g/mol. The molecule has 0 aliphatic rings. The quantitative estimate of drug-likeness (QED) is 0.561. The highest BCUT2D eigenvalue weighted by molar-refractivity contribution is 6.05. The number of amides is 1. The van der Waals surface area contributed by atoms with Gasteiger partial charge in [-0.25, -0.2) is 0 Å². The largest absolute Gasteiger partial charge is 0.497 e. The van der Waals surface area contributed by atoms with E-state index >= 15 is 0 Å². The molecule has 0 atom stereocenters. The van der Waals surface area contributed by atoms with Gasteiger partial charge >= 0.3 is 0 Å². The Kier molecular flexibility index (Phi) is 6.84. The number of carbonyl (C=O) groups is 1. The number of ether oxygens (including phenoxy) is 2. The van der Waals surface area contributed by atoms with Crippen molar-refractivity contribution in [1.82, 2.24) is 10.3 Å². The molecule has 28 heavy (non-hydrogen) atoms. The van der Waals surface area contributed by atoms with Crippen LogP contribution in [0.3, 0.4) is 0 Å². The van der Waals surface area contributed by atoms with Crippen LogP contribution in [0, 0.1) is 0 Å². The van der Waals surface area contributed by atoms with Crippen LogP contribution in [0.5, 0.6) is 11.5 Å². The zero-order valence-electron chi connectivity index (χ0n) is 16.4. The van der Waals surface area contributed by atoms with Gasteiger partial charge in [0.2, 0.25) is 0 Å². The first-order valence-electron chi connectivity index (χ1n) is 9.64. The number of aryl methyl sites for hydroxylation is 1. The van der Waals surface area contributed by atoms with Gasteiger partial charge in [-0.05, 0) is 60.2 Å². The highest BCUT2D eigenvalue weighted by Gasteiger charge is 2.12. The summed E-state index contributed by atoms with van der Waals surface area (Å²) in [5.74, 6) is 1.33. The van der Waals surface area contributed by atoms with Crippen LogP contribution in [0.1, 0.15) is 35.8 Å². The number of nitrogens with one attached hydrogen (secondary N) is 1. The minimum absolute atomic E-state index is 0.184. The zero-order chi connectivity index (χ0) is 19.8. The number of hydrogen-bond donors (Lipinski definition) is 1. The number of fused-ring (bicyclic) bond motifs is 1. The number of rotatable bonds is 9. The maximum absolute atomic E-state index is 12.6. The van der Waals surface area contributed by atoms with Gasteiger partial charge in [0, 0.05) is 11.6 Å². The third-order valence-corrected chi connectivity index (χ3v) is 4.58. The molecule has 0 aliphatic carbocycles. The average molecular weight is 378 g/mol. The number of methoxy groups -OCH3 is 1. The van der Waals surface area contributed by atoms with Crippen LogP contribution in [-0.2, 0) is 6.42 Å². The Morgan fingerprint density at radius 2 is 1.86 bits per heavy atom. The van der Waals surface area contributed by atoms with Crippen molar-refractivity contribution < 1.29 is 14.3 Å². The lowest BCUT2D eigenvalue weighted by Gasteiger charge is -2.10. The molecule has 0 spiro atoms. The second kappa shape index (κ2) is 9.74. The van der Waals surface area contributed by atoms with Gasteiger partial charge in [0.25, 0.3) is 5.91 Å². The van der Waals surface area contributed by atoms with Crippen molar-refractivity contribution in [1.29, 1.82) is 0 Å². The average Bonchev–Trinajstić information content (AvgIpc) is 2.75. The van der Waals surface area contributed by atoms with Crippen LogP contribution < -0.4 is 14.8 Å². The Bertz CT molecular complexity index is 923. The fourth-order valence-corrected chi connectivity index (χ4v) is 3.02. The van der Waals surface area contributed by atoms with Gasteiger partial charge in [-0.15, -0.1) is 0 Å². The molecule has 1 aromatic heterocycles. The lowest BCUT2D eigenvalue weighted by molar-refractivity contribution is 0.0944. The highest BCUT2D eigenvalue weighted by atomic mass is 16.5. The third-order valence-electron chi connectivity index (χ3n) is 4.58. The predicted molar refractivity (Wildman–Crippen MR) is 111 cm³/mol. The SMILES string of the molecule is CCCCc1ccc2ccnc(C(=O)NCCOc3ccc(OC)cc3)c2c1. The number of nitrogens with zero attached hydrogens (tertiary/aromatic N) is 1. The highest BCUT2D eigenvalue weighted by Crippen LogP contribution is 2.20. The lowest BCUT2D eigenvalue weighted by atomic mass is 10.0. The van der Waals surface area contributed by atoms with Crippen molar-refractivity contribution in [2.75, 3.05) is 20.3 Å². The molecule has 5 nitrogen and oxygen atoms in total. The minimum atomic E-state index is -0.184. The molecule has 5 heteroatoms. The number of benzene rings is 2. The van der Waals surface area contributed by atoms with Crippen LogP contribution in [0.25, 0.3) is 10.8 Å². The van der Waals surface area contributed by atoms with Crippen molar-refractivity contribution in [3.05, 3.63) is 66.0 Å². The number of aromatic nitrogens is 1. The van der Waals surface area contributed by atoms with Gasteiger partial charge < -0.3 is 14.8 Å². The Labute approximate surface area is 165 Å². The summed E-state index contributed by atoms with van der Waals surface area (Å²) in [6.45, 7) is 2.96. The van der Waals surface area contributed by atoms with Crippen LogP contribution >= 0.6 is 0 Å². The molecule has 0 unspecified atom stereocenters. The first-order chi connectivity index (χ1) is 13.7. The summed E-state index contributed by atoms with van der Waals surface area (Å²) in [6, 6.07) is 15.6. The maximum atomic E-state index is 12.6. The van der Waals surface area contributed by atoms with E-state index in [1.54, 1.807) is 13.3 Å². The van der Waals surface area contributed by atoms with E-state index in [1.165, 1.54) is 5.56 Å². The second-order valence-corrected chi connectivity index (χ2v) is 6.60. The smallest absolute Gasteiger partial charge is 0.270 e. The van der Waals surface area contributed by atoms with E-state index in [1.807, 2.05) is 30.3 Å². The molecule has 0 aliphatic heterocycles. The van der Waals surface area contributed by atoms with Crippen LogP contribution in [0.4, 0.5) is 0 Å². The number of hydrogen-bond acceptors (Lipinski definition) is 4. The molecular weight excluding hydrogens is 352 g/mol. The molecule has 0 bridgehead atoms. The third kappa shape index (κ3) is 5.00. The summed E-state index contributed by atoms with van der Waals surface area (Å²) in [5.41, 5.74) is 1.69. The first kappa shape index (κ1) is 19.7. The number of unbranched alkanes of at least 4 members (excludes halogenated alkanes) is 1. The molecular formula is C23H26N2O3. The summed E-state index contributed by atoms with van der Waals surface area (Å²) in [5, 5.41) is 4.81. The van der Waals surface area contributed by atoms with E-state index in [0.29, 0.717) is 18.8 Å². The van der Waals surface area contributed by atoms with Gasteiger partial charge in [-0.3, -0.25) is 9.78 Å². The van der Waals surface area contributed by atoms with Crippen LogP contribution in [0.15, 0.2) is 54.7 Å². The Hall–Kier alpha value is -3.08. The molecule has 1 N–H and O–H groups in total. The van der Waals surface area contributed by atoms with E-state index in [2.05, 4.69) is 35.4 Å². The standard InChI is InChI=1S/C23H26N2O3/c1-3-4-5-17-6-7-18-12-13-24-22(21(18)16-17)23(26)25-14-15-28-20-10-8-19(27-2)9-11-20/h6-13,16H,3-5,14-15H2,1-2H3,(H,25,26). The van der Waals surface area contributed by atoms with Crippen molar-refractivity contribution in [2.24, 2.45) is 0 Å². The molecule has 1 amide bonds. The summed E-state index contributed by atoms with van der Waals surface area (Å²) >= 11 is 0. The predicted octanol–water partition coefficient (Wildman–Crippen LogP) is 4.39. The normalized spacial score (nSPS) is 10.6. The van der Waals surface area contributed by atoms with Gasteiger partial charge in [0.05, 0.1) is 13.7 Å². The van der Waals surface area contributed by atoms with E-state index in [0.717, 1.165) is 41.5 Å². The van der Waals surface area contributed by atoms with Gasteiger partial charge in [0.15, 0.2) is 0 Å². The summed E-state index contributed by atoms with van der Waals surface area (Å²) in [6.07, 6.45) is 4.97. The lowest BCUT2D eigenvalue weighted by Crippen LogP contribution is -2.29. The van der Waals surface area contributed by atoms with Crippen LogP contribution in [0.2, 0.25) is 0 Å². The van der Waals surface area contributed by atoms with Crippen molar-refractivity contribution in [3.63, 3.8) is 0 Å². The molecule has 2 aromatic carbocycles. The van der Waals surface area contributed by atoms with Crippen LogP contribution in [-0.4, -0.2) is 31.2 Å². The fraction of sp³-hybridized carbons (Fsp3) is 0.304. The van der Waals surface area contributed by atoms with E-state index in [4.69, 9.17) is 9.47 Å². The molecule has 0 radical (unpaired) electrons. The van der Waals surface area contributed by atoms with Crippen molar-refractivity contribution >= 4 is 16.7 Å². The van der Waals surface area contributed by atoms with Gasteiger partial charge in [-0.2, -0.15) is 0 Å².